The molecule has 120 valence electrons. The second kappa shape index (κ2) is 10.6. The van der Waals surface area contributed by atoms with E-state index in [1.165, 1.54) is 44.9 Å². The van der Waals surface area contributed by atoms with Gasteiger partial charge in [-0.3, -0.25) is 0 Å². The molecule has 4 N–H and O–H groups in total. The molecule has 1 fully saturated rings. The minimum atomic E-state index is 0.335. The monoisotopic (exact) mass is 284 g/mol. The molecule has 0 aromatic heterocycles. The van der Waals surface area contributed by atoms with Gasteiger partial charge in [0.25, 0.3) is 0 Å². The predicted octanol–water partition coefficient (Wildman–Crippen LogP) is 2.92. The van der Waals surface area contributed by atoms with Crippen LogP contribution in [0.25, 0.3) is 0 Å². The molecular weight excluding hydrogens is 248 g/mol. The van der Waals surface area contributed by atoms with Crippen LogP contribution >= 0.6 is 0 Å². The Morgan fingerprint density at radius 2 is 1.85 bits per heavy atom. The van der Waals surface area contributed by atoms with E-state index in [1.54, 1.807) is 0 Å². The molecule has 0 bridgehead atoms. The van der Waals surface area contributed by atoms with Crippen LogP contribution in [0.3, 0.4) is 0 Å². The largest absolute Gasteiger partial charge is 0.396 e. The summed E-state index contributed by atoms with van der Waals surface area (Å²) in [5.74, 6) is 2.29. The van der Waals surface area contributed by atoms with Crippen LogP contribution in [0.1, 0.15) is 65.2 Å². The molecule has 1 rings (SSSR count). The summed E-state index contributed by atoms with van der Waals surface area (Å²) in [7, 11) is 0. The van der Waals surface area contributed by atoms with Crippen molar-refractivity contribution in [3.63, 3.8) is 0 Å². The van der Waals surface area contributed by atoms with E-state index >= 15 is 0 Å². The van der Waals surface area contributed by atoms with Crippen molar-refractivity contribution >= 4 is 0 Å². The second-order valence-electron chi connectivity index (χ2n) is 7.05. The van der Waals surface area contributed by atoms with Gasteiger partial charge in [-0.15, -0.1) is 0 Å². The molecule has 0 spiro atoms. The first-order valence-electron chi connectivity index (χ1n) is 8.70. The highest BCUT2D eigenvalue weighted by Crippen LogP contribution is 2.26. The van der Waals surface area contributed by atoms with E-state index < -0.39 is 0 Å². The summed E-state index contributed by atoms with van der Waals surface area (Å²) in [5, 5.41) is 12.9. The SMILES string of the molecule is CC(C)CC(CCO)CCNC1CCC(CCN)CC1. The Balaban J connectivity index is 2.13. The summed E-state index contributed by atoms with van der Waals surface area (Å²) in [6.07, 6.45) is 9.95. The summed E-state index contributed by atoms with van der Waals surface area (Å²) in [5.41, 5.74) is 5.64. The van der Waals surface area contributed by atoms with Crippen molar-refractivity contribution in [1.82, 2.24) is 5.32 Å². The van der Waals surface area contributed by atoms with Crippen LogP contribution in [0.2, 0.25) is 0 Å². The van der Waals surface area contributed by atoms with E-state index in [2.05, 4.69) is 19.2 Å². The second-order valence-corrected chi connectivity index (χ2v) is 7.05. The molecule has 0 radical (unpaired) electrons. The van der Waals surface area contributed by atoms with Gasteiger partial charge in [0.2, 0.25) is 0 Å². The minimum Gasteiger partial charge on any atom is -0.396 e. The van der Waals surface area contributed by atoms with Crippen molar-refractivity contribution in [2.75, 3.05) is 19.7 Å². The van der Waals surface area contributed by atoms with E-state index in [-0.39, 0.29) is 0 Å². The molecule has 0 amide bonds. The number of aliphatic hydroxyl groups excluding tert-OH is 1. The van der Waals surface area contributed by atoms with Crippen LogP contribution in [-0.2, 0) is 0 Å². The van der Waals surface area contributed by atoms with Gasteiger partial charge in [-0.25, -0.2) is 0 Å². The predicted molar refractivity (Wildman–Crippen MR) is 86.7 cm³/mol. The Morgan fingerprint density at radius 1 is 1.15 bits per heavy atom. The molecule has 0 saturated heterocycles. The van der Waals surface area contributed by atoms with Crippen LogP contribution in [-0.4, -0.2) is 30.8 Å². The molecule has 0 heterocycles. The van der Waals surface area contributed by atoms with Crippen molar-refractivity contribution < 1.29 is 5.11 Å². The zero-order valence-electron chi connectivity index (χ0n) is 13.6. The zero-order chi connectivity index (χ0) is 14.8. The van der Waals surface area contributed by atoms with Crippen molar-refractivity contribution in [2.24, 2.45) is 23.5 Å². The number of hydrogen-bond donors (Lipinski definition) is 3. The van der Waals surface area contributed by atoms with Gasteiger partial charge >= 0.3 is 0 Å². The molecule has 3 heteroatoms. The van der Waals surface area contributed by atoms with Gasteiger partial charge in [-0.2, -0.15) is 0 Å². The Morgan fingerprint density at radius 3 is 2.40 bits per heavy atom. The fourth-order valence-electron chi connectivity index (χ4n) is 3.61. The lowest BCUT2D eigenvalue weighted by molar-refractivity contribution is 0.230. The quantitative estimate of drug-likeness (QED) is 0.578. The average Bonchev–Trinajstić information content (AvgIpc) is 2.40. The van der Waals surface area contributed by atoms with E-state index in [1.807, 2.05) is 0 Å². The highest BCUT2D eigenvalue weighted by Gasteiger charge is 2.20. The van der Waals surface area contributed by atoms with Crippen molar-refractivity contribution in [1.29, 1.82) is 0 Å². The first-order chi connectivity index (χ1) is 9.65. The topological polar surface area (TPSA) is 58.3 Å². The summed E-state index contributed by atoms with van der Waals surface area (Å²) >= 11 is 0. The van der Waals surface area contributed by atoms with Gasteiger partial charge < -0.3 is 16.2 Å². The molecule has 1 aliphatic rings. The molecule has 1 saturated carbocycles. The molecule has 1 unspecified atom stereocenters. The lowest BCUT2D eigenvalue weighted by atomic mass is 9.84. The maximum absolute atomic E-state index is 9.15. The number of nitrogens with two attached hydrogens (primary N) is 1. The van der Waals surface area contributed by atoms with E-state index in [4.69, 9.17) is 10.8 Å². The Labute approximate surface area is 125 Å². The molecule has 3 nitrogen and oxygen atoms in total. The molecule has 1 aliphatic carbocycles. The molecule has 1 atom stereocenters. The number of nitrogens with one attached hydrogen (secondary N) is 1. The minimum absolute atomic E-state index is 0.335. The standard InChI is InChI=1S/C17H36N2O/c1-14(2)13-16(9-12-20)8-11-19-17-5-3-15(4-6-17)7-10-18/h14-17,19-20H,3-13,18H2,1-2H3. The fraction of sp³-hybridized carbons (Fsp3) is 1.00. The molecule has 0 aliphatic heterocycles. The van der Waals surface area contributed by atoms with Gasteiger partial charge in [0.1, 0.15) is 0 Å². The molecule has 20 heavy (non-hydrogen) atoms. The van der Waals surface area contributed by atoms with Crippen LogP contribution in [0.15, 0.2) is 0 Å². The first kappa shape index (κ1) is 17.9. The average molecular weight is 284 g/mol. The van der Waals surface area contributed by atoms with Crippen molar-refractivity contribution in [3.8, 4) is 0 Å². The normalized spacial score (nSPS) is 25.1. The third-order valence-electron chi connectivity index (χ3n) is 4.75. The third kappa shape index (κ3) is 7.61. The van der Waals surface area contributed by atoms with Gasteiger partial charge in [0.05, 0.1) is 0 Å². The van der Waals surface area contributed by atoms with Crippen LogP contribution in [0, 0.1) is 17.8 Å². The van der Waals surface area contributed by atoms with Gasteiger partial charge in [-0.05, 0) is 82.2 Å². The fourth-order valence-corrected chi connectivity index (χ4v) is 3.61. The van der Waals surface area contributed by atoms with Gasteiger partial charge in [0, 0.05) is 12.6 Å². The van der Waals surface area contributed by atoms with E-state index in [0.29, 0.717) is 12.5 Å². The highest BCUT2D eigenvalue weighted by atomic mass is 16.3. The van der Waals surface area contributed by atoms with Crippen molar-refractivity contribution in [3.05, 3.63) is 0 Å². The Bertz CT molecular complexity index is 225. The Kier molecular flexibility index (Phi) is 9.49. The van der Waals surface area contributed by atoms with Crippen LogP contribution in [0.4, 0.5) is 0 Å². The number of hydrogen-bond acceptors (Lipinski definition) is 3. The number of aliphatic hydroxyl groups is 1. The molecular formula is C17H36N2O. The maximum Gasteiger partial charge on any atom is 0.0433 e. The highest BCUT2D eigenvalue weighted by molar-refractivity contribution is 4.77. The van der Waals surface area contributed by atoms with Crippen LogP contribution in [0.5, 0.6) is 0 Å². The zero-order valence-corrected chi connectivity index (χ0v) is 13.6. The van der Waals surface area contributed by atoms with E-state index in [0.717, 1.165) is 37.4 Å². The summed E-state index contributed by atoms with van der Waals surface area (Å²) in [6.45, 7) is 6.85. The summed E-state index contributed by atoms with van der Waals surface area (Å²) < 4.78 is 0. The molecule has 0 aromatic rings. The van der Waals surface area contributed by atoms with Gasteiger partial charge in [-0.1, -0.05) is 13.8 Å². The maximum atomic E-state index is 9.15. The smallest absolute Gasteiger partial charge is 0.0433 e. The molecule has 0 aromatic carbocycles. The summed E-state index contributed by atoms with van der Waals surface area (Å²) in [4.78, 5) is 0. The lowest BCUT2D eigenvalue weighted by Gasteiger charge is -2.29. The van der Waals surface area contributed by atoms with Crippen LogP contribution < -0.4 is 11.1 Å². The van der Waals surface area contributed by atoms with Crippen molar-refractivity contribution in [2.45, 2.75) is 71.3 Å². The third-order valence-corrected chi connectivity index (χ3v) is 4.75. The Hall–Kier alpha value is -0.120. The lowest BCUT2D eigenvalue weighted by Crippen LogP contribution is -2.35. The number of rotatable bonds is 10. The van der Waals surface area contributed by atoms with Gasteiger partial charge in [0.15, 0.2) is 0 Å². The first-order valence-corrected chi connectivity index (χ1v) is 8.70. The van der Waals surface area contributed by atoms with E-state index in [9.17, 15) is 0 Å². The summed E-state index contributed by atoms with van der Waals surface area (Å²) in [6, 6.07) is 0.720.